The second-order valence-corrected chi connectivity index (χ2v) is 7.88. The number of rotatable bonds is 2. The van der Waals surface area contributed by atoms with Crippen LogP contribution < -0.4 is 10.6 Å². The zero-order valence-electron chi connectivity index (χ0n) is 12.9. The van der Waals surface area contributed by atoms with Gasteiger partial charge in [-0.15, -0.1) is 11.3 Å². The average Bonchev–Trinajstić information content (AvgIpc) is 2.87. The standard InChI is InChI=1S/C17H19ClN2OS2/c1-10-6-2-4-8-12(10)19-17(22)20-16(21)15-14(18)11-7-3-5-9-13(11)23-15/h3,5,7,9-10,12H,2,4,6,8H2,1H3,(H2,19,20,21,22)/t10-,12+/m1/s1. The van der Waals surface area contributed by atoms with Crippen LogP contribution in [0.2, 0.25) is 5.02 Å². The van der Waals surface area contributed by atoms with Gasteiger partial charge < -0.3 is 5.32 Å². The molecule has 0 aliphatic heterocycles. The van der Waals surface area contributed by atoms with Crippen LogP contribution in [0.5, 0.6) is 0 Å². The van der Waals surface area contributed by atoms with Crippen LogP contribution in [0, 0.1) is 5.92 Å². The van der Waals surface area contributed by atoms with Gasteiger partial charge in [0.2, 0.25) is 0 Å². The number of thiophene rings is 1. The molecule has 1 aliphatic carbocycles. The Morgan fingerprint density at radius 1 is 1.30 bits per heavy atom. The van der Waals surface area contributed by atoms with Crippen molar-refractivity contribution in [2.24, 2.45) is 5.92 Å². The summed E-state index contributed by atoms with van der Waals surface area (Å²) in [5.74, 6) is 0.337. The third-order valence-electron chi connectivity index (χ3n) is 4.40. The van der Waals surface area contributed by atoms with Crippen molar-refractivity contribution in [2.75, 3.05) is 0 Å². The van der Waals surface area contributed by atoms with E-state index in [0.29, 0.717) is 27.0 Å². The third kappa shape index (κ3) is 3.67. The number of nitrogens with one attached hydrogen (secondary N) is 2. The topological polar surface area (TPSA) is 41.1 Å². The van der Waals surface area contributed by atoms with Gasteiger partial charge in [0.15, 0.2) is 5.11 Å². The van der Waals surface area contributed by atoms with E-state index in [1.54, 1.807) is 0 Å². The van der Waals surface area contributed by atoms with Gasteiger partial charge in [0.05, 0.1) is 5.02 Å². The molecule has 0 saturated heterocycles. The van der Waals surface area contributed by atoms with Crippen LogP contribution >= 0.6 is 35.2 Å². The van der Waals surface area contributed by atoms with E-state index in [1.807, 2.05) is 24.3 Å². The van der Waals surface area contributed by atoms with E-state index in [9.17, 15) is 4.79 Å². The van der Waals surface area contributed by atoms with Gasteiger partial charge in [0.1, 0.15) is 4.88 Å². The van der Waals surface area contributed by atoms with Crippen molar-refractivity contribution >= 4 is 56.3 Å². The van der Waals surface area contributed by atoms with E-state index in [1.165, 1.54) is 30.6 Å². The molecule has 0 spiro atoms. The summed E-state index contributed by atoms with van der Waals surface area (Å²) in [7, 11) is 0. The Morgan fingerprint density at radius 2 is 2.04 bits per heavy atom. The maximum atomic E-state index is 12.5. The summed E-state index contributed by atoms with van der Waals surface area (Å²) in [6.07, 6.45) is 4.79. The van der Waals surface area contributed by atoms with Crippen molar-refractivity contribution in [2.45, 2.75) is 38.6 Å². The predicted molar refractivity (Wildman–Crippen MR) is 101 cm³/mol. The third-order valence-corrected chi connectivity index (χ3v) is 6.29. The lowest BCUT2D eigenvalue weighted by Crippen LogP contribution is -2.47. The molecule has 0 unspecified atom stereocenters. The van der Waals surface area contributed by atoms with Gasteiger partial charge in [0.25, 0.3) is 5.91 Å². The minimum Gasteiger partial charge on any atom is -0.359 e. The van der Waals surface area contributed by atoms with Gasteiger partial charge in [0, 0.05) is 16.1 Å². The van der Waals surface area contributed by atoms with Crippen molar-refractivity contribution in [1.29, 1.82) is 0 Å². The first-order valence-corrected chi connectivity index (χ1v) is 9.45. The minimum atomic E-state index is -0.239. The Labute approximate surface area is 150 Å². The summed E-state index contributed by atoms with van der Waals surface area (Å²) in [6, 6.07) is 8.08. The molecule has 3 nitrogen and oxygen atoms in total. The first-order chi connectivity index (χ1) is 11.1. The summed E-state index contributed by atoms with van der Waals surface area (Å²) in [5, 5.41) is 7.85. The highest BCUT2D eigenvalue weighted by Gasteiger charge is 2.23. The van der Waals surface area contributed by atoms with Crippen molar-refractivity contribution in [3.05, 3.63) is 34.2 Å². The first-order valence-electron chi connectivity index (χ1n) is 7.85. The fourth-order valence-electron chi connectivity index (χ4n) is 3.06. The van der Waals surface area contributed by atoms with Gasteiger partial charge >= 0.3 is 0 Å². The summed E-state index contributed by atoms with van der Waals surface area (Å²) in [6.45, 7) is 2.23. The van der Waals surface area contributed by atoms with E-state index in [0.717, 1.165) is 16.5 Å². The number of amides is 1. The number of carbonyl (C=O) groups is 1. The van der Waals surface area contributed by atoms with E-state index in [4.69, 9.17) is 23.8 Å². The molecule has 122 valence electrons. The molecule has 1 aromatic heterocycles. The normalized spacial score (nSPS) is 21.1. The van der Waals surface area contributed by atoms with Gasteiger partial charge in [-0.05, 0) is 37.0 Å². The Bertz CT molecular complexity index is 743. The predicted octanol–water partition coefficient (Wildman–Crippen LogP) is 4.74. The lowest BCUT2D eigenvalue weighted by Gasteiger charge is -2.30. The maximum Gasteiger partial charge on any atom is 0.269 e. The zero-order valence-corrected chi connectivity index (χ0v) is 15.3. The van der Waals surface area contributed by atoms with E-state index >= 15 is 0 Å². The summed E-state index contributed by atoms with van der Waals surface area (Å²) >= 11 is 13.0. The molecule has 3 rings (SSSR count). The highest BCUT2D eigenvalue weighted by atomic mass is 35.5. The molecular weight excluding hydrogens is 348 g/mol. The molecule has 2 aromatic rings. The largest absolute Gasteiger partial charge is 0.359 e. The van der Waals surface area contributed by atoms with E-state index in [-0.39, 0.29) is 5.91 Å². The van der Waals surface area contributed by atoms with Crippen molar-refractivity contribution in [1.82, 2.24) is 10.6 Å². The van der Waals surface area contributed by atoms with Gasteiger partial charge in [-0.3, -0.25) is 10.1 Å². The number of carbonyl (C=O) groups excluding carboxylic acids is 1. The molecule has 1 saturated carbocycles. The Balaban J connectivity index is 1.68. The molecule has 2 atom stereocenters. The summed E-state index contributed by atoms with van der Waals surface area (Å²) in [4.78, 5) is 13.0. The number of halogens is 1. The quantitative estimate of drug-likeness (QED) is 0.754. The first kappa shape index (κ1) is 16.7. The fraction of sp³-hybridized carbons (Fsp3) is 0.412. The molecule has 1 amide bonds. The molecule has 1 fully saturated rings. The van der Waals surface area contributed by atoms with Crippen molar-refractivity contribution in [3.8, 4) is 0 Å². The zero-order chi connectivity index (χ0) is 16.4. The second-order valence-electron chi connectivity index (χ2n) is 6.04. The second kappa shape index (κ2) is 7.16. The van der Waals surface area contributed by atoms with Crippen molar-refractivity contribution in [3.63, 3.8) is 0 Å². The Morgan fingerprint density at radius 3 is 2.78 bits per heavy atom. The fourth-order valence-corrected chi connectivity index (χ4v) is 4.71. The smallest absolute Gasteiger partial charge is 0.269 e. The SMILES string of the molecule is C[C@@H]1CCCC[C@@H]1NC(=S)NC(=O)c1sc2ccccc2c1Cl. The van der Waals surface area contributed by atoms with Crippen LogP contribution in [0.15, 0.2) is 24.3 Å². The molecule has 1 aliphatic rings. The molecule has 23 heavy (non-hydrogen) atoms. The maximum absolute atomic E-state index is 12.5. The van der Waals surface area contributed by atoms with E-state index < -0.39 is 0 Å². The number of hydrogen-bond donors (Lipinski definition) is 2. The molecule has 0 radical (unpaired) electrons. The molecule has 2 N–H and O–H groups in total. The monoisotopic (exact) mass is 366 g/mol. The Hall–Kier alpha value is -1.17. The summed E-state index contributed by atoms with van der Waals surface area (Å²) in [5.41, 5.74) is 0. The van der Waals surface area contributed by atoms with Crippen LogP contribution in [0.4, 0.5) is 0 Å². The van der Waals surface area contributed by atoms with Gasteiger partial charge in [-0.25, -0.2) is 0 Å². The van der Waals surface area contributed by atoms with E-state index in [2.05, 4.69) is 17.6 Å². The van der Waals surface area contributed by atoms with Gasteiger partial charge in [-0.2, -0.15) is 0 Å². The van der Waals surface area contributed by atoms with Crippen LogP contribution in [0.3, 0.4) is 0 Å². The highest BCUT2D eigenvalue weighted by Crippen LogP contribution is 2.35. The number of hydrogen-bond acceptors (Lipinski definition) is 3. The molecule has 1 aromatic carbocycles. The molecule has 0 bridgehead atoms. The lowest BCUT2D eigenvalue weighted by atomic mass is 9.86. The van der Waals surface area contributed by atoms with Crippen molar-refractivity contribution < 1.29 is 4.79 Å². The summed E-state index contributed by atoms with van der Waals surface area (Å²) < 4.78 is 1.00. The number of benzene rings is 1. The van der Waals surface area contributed by atoms with Crippen LogP contribution in [-0.4, -0.2) is 17.1 Å². The molecule has 6 heteroatoms. The minimum absolute atomic E-state index is 0.239. The Kier molecular flexibility index (Phi) is 5.19. The highest BCUT2D eigenvalue weighted by molar-refractivity contribution is 7.80. The lowest BCUT2D eigenvalue weighted by molar-refractivity contribution is 0.0980. The number of fused-ring (bicyclic) bond motifs is 1. The molecular formula is C17H19ClN2OS2. The number of thiocarbonyl (C=S) groups is 1. The van der Waals surface area contributed by atoms with Crippen LogP contribution in [0.25, 0.3) is 10.1 Å². The van der Waals surface area contributed by atoms with Gasteiger partial charge in [-0.1, -0.05) is 49.6 Å². The molecule has 1 heterocycles. The average molecular weight is 367 g/mol. The van der Waals surface area contributed by atoms with Crippen LogP contribution in [0.1, 0.15) is 42.3 Å². The van der Waals surface area contributed by atoms with Crippen LogP contribution in [-0.2, 0) is 0 Å².